The Kier molecular flexibility index (Phi) is 6.72. The number of anilines is 1. The van der Waals surface area contributed by atoms with Crippen molar-refractivity contribution in [2.75, 3.05) is 18.5 Å². The van der Waals surface area contributed by atoms with E-state index in [9.17, 15) is 5.11 Å². The van der Waals surface area contributed by atoms with Crippen LogP contribution in [0.5, 0.6) is 0 Å². The lowest BCUT2D eigenvalue weighted by Gasteiger charge is -2.25. The second kappa shape index (κ2) is 10.0. The molecule has 3 aromatic carbocycles. The summed E-state index contributed by atoms with van der Waals surface area (Å²) in [5.74, 6) is 0. The SMILES string of the molecule is OCCN(Cc1cn(-c2ccccc2)nc1-c1ccccc1)C(=S)Nc1ccccc1. The molecule has 31 heavy (non-hydrogen) atoms. The summed E-state index contributed by atoms with van der Waals surface area (Å²) in [6, 6.07) is 30.0. The Morgan fingerprint density at radius 2 is 1.52 bits per heavy atom. The third-order valence-electron chi connectivity index (χ3n) is 4.90. The first-order valence-electron chi connectivity index (χ1n) is 10.2. The molecule has 6 heteroatoms. The van der Waals surface area contributed by atoms with E-state index in [-0.39, 0.29) is 6.61 Å². The van der Waals surface area contributed by atoms with Crippen LogP contribution in [0.3, 0.4) is 0 Å². The first kappa shape index (κ1) is 20.8. The topological polar surface area (TPSA) is 53.3 Å². The second-order valence-corrected chi connectivity index (χ2v) is 7.48. The van der Waals surface area contributed by atoms with Gasteiger partial charge in [0.25, 0.3) is 0 Å². The molecule has 1 heterocycles. The number of nitrogens with one attached hydrogen (secondary N) is 1. The summed E-state index contributed by atoms with van der Waals surface area (Å²) in [4.78, 5) is 1.96. The molecule has 0 aliphatic heterocycles. The van der Waals surface area contributed by atoms with Crippen LogP contribution in [0.25, 0.3) is 16.9 Å². The Morgan fingerprint density at radius 3 is 2.16 bits per heavy atom. The molecular weight excluding hydrogens is 404 g/mol. The van der Waals surface area contributed by atoms with Gasteiger partial charge in [-0.05, 0) is 36.5 Å². The van der Waals surface area contributed by atoms with E-state index in [0.29, 0.717) is 18.2 Å². The number of rotatable bonds is 7. The molecule has 0 saturated carbocycles. The number of nitrogens with zero attached hydrogens (tertiary/aromatic N) is 3. The maximum atomic E-state index is 9.65. The van der Waals surface area contributed by atoms with Crippen molar-refractivity contribution >= 4 is 23.0 Å². The van der Waals surface area contributed by atoms with E-state index in [1.165, 1.54) is 0 Å². The predicted molar refractivity (Wildman–Crippen MR) is 129 cm³/mol. The van der Waals surface area contributed by atoms with E-state index in [1.807, 2.05) is 94.6 Å². The molecule has 0 bridgehead atoms. The largest absolute Gasteiger partial charge is 0.395 e. The van der Waals surface area contributed by atoms with E-state index in [0.717, 1.165) is 28.2 Å². The minimum absolute atomic E-state index is 0.00407. The Morgan fingerprint density at radius 1 is 0.903 bits per heavy atom. The van der Waals surface area contributed by atoms with Crippen molar-refractivity contribution < 1.29 is 5.11 Å². The summed E-state index contributed by atoms with van der Waals surface area (Å²) in [6.07, 6.45) is 2.03. The van der Waals surface area contributed by atoms with Crippen LogP contribution in [0, 0.1) is 0 Å². The fraction of sp³-hybridized carbons (Fsp3) is 0.120. The highest BCUT2D eigenvalue weighted by Gasteiger charge is 2.17. The summed E-state index contributed by atoms with van der Waals surface area (Å²) in [6.45, 7) is 0.948. The van der Waals surface area contributed by atoms with Crippen molar-refractivity contribution in [1.82, 2.24) is 14.7 Å². The van der Waals surface area contributed by atoms with Gasteiger partial charge in [0.1, 0.15) is 0 Å². The average molecular weight is 429 g/mol. The number of aromatic nitrogens is 2. The lowest BCUT2D eigenvalue weighted by Crippen LogP contribution is -2.36. The van der Waals surface area contributed by atoms with Gasteiger partial charge in [-0.15, -0.1) is 0 Å². The van der Waals surface area contributed by atoms with Gasteiger partial charge in [0.05, 0.1) is 18.0 Å². The van der Waals surface area contributed by atoms with Gasteiger partial charge in [0.15, 0.2) is 5.11 Å². The highest BCUT2D eigenvalue weighted by atomic mass is 32.1. The molecule has 2 N–H and O–H groups in total. The minimum atomic E-state index is 0.00407. The summed E-state index contributed by atoms with van der Waals surface area (Å²) in [5.41, 5.74) is 4.87. The fourth-order valence-corrected chi connectivity index (χ4v) is 3.65. The van der Waals surface area contributed by atoms with Crippen molar-refractivity contribution in [3.05, 3.63) is 103 Å². The standard InChI is InChI=1S/C25H24N4OS/c30-17-16-28(25(31)26-22-12-6-2-7-13-22)18-21-19-29(23-14-8-3-9-15-23)27-24(21)20-10-4-1-5-11-20/h1-15,19,30H,16-18H2,(H,26,31). The third-order valence-corrected chi connectivity index (χ3v) is 5.26. The number of benzene rings is 3. The van der Waals surface area contributed by atoms with E-state index in [4.69, 9.17) is 17.3 Å². The Labute approximate surface area is 187 Å². The molecule has 0 unspecified atom stereocenters. The number of aliphatic hydroxyl groups excluding tert-OH is 1. The summed E-state index contributed by atoms with van der Waals surface area (Å²) < 4.78 is 1.89. The molecule has 4 rings (SSSR count). The molecule has 4 aromatic rings. The molecule has 0 amide bonds. The predicted octanol–water partition coefficient (Wildman–Crippen LogP) is 4.73. The third kappa shape index (κ3) is 5.17. The molecule has 0 aliphatic carbocycles. The monoisotopic (exact) mass is 428 g/mol. The summed E-state index contributed by atoms with van der Waals surface area (Å²) >= 11 is 5.66. The van der Waals surface area contributed by atoms with Crippen molar-refractivity contribution in [3.63, 3.8) is 0 Å². The van der Waals surface area contributed by atoms with E-state index >= 15 is 0 Å². The number of para-hydroxylation sites is 2. The molecule has 0 radical (unpaired) electrons. The van der Waals surface area contributed by atoms with Gasteiger partial charge in [-0.1, -0.05) is 66.7 Å². The van der Waals surface area contributed by atoms with Gasteiger partial charge in [0.2, 0.25) is 0 Å². The quantitative estimate of drug-likeness (QED) is 0.417. The molecule has 0 atom stereocenters. The fourth-order valence-electron chi connectivity index (χ4n) is 3.38. The zero-order chi connectivity index (χ0) is 21.5. The smallest absolute Gasteiger partial charge is 0.173 e. The highest BCUT2D eigenvalue weighted by Crippen LogP contribution is 2.25. The zero-order valence-electron chi connectivity index (χ0n) is 17.1. The zero-order valence-corrected chi connectivity index (χ0v) is 17.9. The van der Waals surface area contributed by atoms with Crippen molar-refractivity contribution in [2.24, 2.45) is 0 Å². The molecule has 0 saturated heterocycles. The lowest BCUT2D eigenvalue weighted by molar-refractivity contribution is 0.248. The van der Waals surface area contributed by atoms with E-state index in [2.05, 4.69) is 17.4 Å². The van der Waals surface area contributed by atoms with Gasteiger partial charge in [-0.3, -0.25) is 0 Å². The second-order valence-electron chi connectivity index (χ2n) is 7.09. The van der Waals surface area contributed by atoms with Crippen LogP contribution < -0.4 is 5.32 Å². The maximum Gasteiger partial charge on any atom is 0.173 e. The molecular formula is C25H24N4OS. The average Bonchev–Trinajstić information content (AvgIpc) is 3.24. The molecule has 156 valence electrons. The molecule has 1 aromatic heterocycles. The Balaban J connectivity index is 1.66. The number of hydrogen-bond acceptors (Lipinski definition) is 3. The van der Waals surface area contributed by atoms with Crippen LogP contribution in [-0.2, 0) is 6.54 Å². The van der Waals surface area contributed by atoms with Crippen molar-refractivity contribution in [3.8, 4) is 16.9 Å². The summed E-state index contributed by atoms with van der Waals surface area (Å²) in [7, 11) is 0. The Hall–Kier alpha value is -3.48. The van der Waals surface area contributed by atoms with Crippen LogP contribution in [0.15, 0.2) is 97.2 Å². The number of thiocarbonyl (C=S) groups is 1. The van der Waals surface area contributed by atoms with Gasteiger partial charge >= 0.3 is 0 Å². The van der Waals surface area contributed by atoms with Gasteiger partial charge < -0.3 is 15.3 Å². The van der Waals surface area contributed by atoms with Crippen LogP contribution in [0.4, 0.5) is 5.69 Å². The Bertz CT molecular complexity index is 1110. The van der Waals surface area contributed by atoms with Gasteiger partial charge in [0, 0.05) is 36.1 Å². The lowest BCUT2D eigenvalue weighted by atomic mass is 10.1. The first-order valence-corrected chi connectivity index (χ1v) is 10.6. The highest BCUT2D eigenvalue weighted by molar-refractivity contribution is 7.80. The number of hydrogen-bond donors (Lipinski definition) is 2. The molecule has 0 fully saturated rings. The van der Waals surface area contributed by atoms with Gasteiger partial charge in [-0.2, -0.15) is 5.10 Å². The van der Waals surface area contributed by atoms with Crippen LogP contribution in [-0.4, -0.2) is 38.1 Å². The minimum Gasteiger partial charge on any atom is -0.395 e. The van der Waals surface area contributed by atoms with Crippen molar-refractivity contribution in [1.29, 1.82) is 0 Å². The number of aliphatic hydroxyl groups is 1. The molecule has 5 nitrogen and oxygen atoms in total. The molecule has 0 spiro atoms. The maximum absolute atomic E-state index is 9.65. The first-order chi connectivity index (χ1) is 15.2. The van der Waals surface area contributed by atoms with Crippen molar-refractivity contribution in [2.45, 2.75) is 6.54 Å². The van der Waals surface area contributed by atoms with Crippen LogP contribution in [0.1, 0.15) is 5.56 Å². The normalized spacial score (nSPS) is 10.6. The van der Waals surface area contributed by atoms with Crippen LogP contribution >= 0.6 is 12.2 Å². The van der Waals surface area contributed by atoms with E-state index in [1.54, 1.807) is 0 Å². The molecule has 0 aliphatic rings. The van der Waals surface area contributed by atoms with Gasteiger partial charge in [-0.25, -0.2) is 4.68 Å². The van der Waals surface area contributed by atoms with E-state index < -0.39 is 0 Å². The van der Waals surface area contributed by atoms with Crippen LogP contribution in [0.2, 0.25) is 0 Å². The summed E-state index contributed by atoms with van der Waals surface area (Å²) in [5, 5.41) is 18.3.